The standard InChI is InChI=1S/C34H50O5/c1-17(2)18(3)8-9-19(4)26-16-24-29-28(31(36)39-32(29)37)23-15-21-14-22(38-20(5)35)10-12-33(21,6)25-11-13-34(26,7)30(24)27(23)25/h17-19,21-26,28-29H,8-16H2,1-7H3/t18-,19+,21+,22?,23+,24-,25?,26?,28?,29?,33?,34?/m0/s1. The van der Waals surface area contributed by atoms with Gasteiger partial charge in [0, 0.05) is 6.92 Å². The summed E-state index contributed by atoms with van der Waals surface area (Å²) in [5, 5.41) is 0. The van der Waals surface area contributed by atoms with E-state index in [1.165, 1.54) is 32.6 Å². The topological polar surface area (TPSA) is 69.7 Å². The van der Waals surface area contributed by atoms with Crippen LogP contribution in [0.15, 0.2) is 11.1 Å². The van der Waals surface area contributed by atoms with E-state index >= 15 is 0 Å². The fourth-order valence-electron chi connectivity index (χ4n) is 11.0. The zero-order chi connectivity index (χ0) is 28.0. The molecule has 0 aromatic carbocycles. The van der Waals surface area contributed by atoms with Crippen LogP contribution in [0.25, 0.3) is 0 Å². The second-order valence-electron chi connectivity index (χ2n) is 15.4. The number of rotatable bonds is 6. The highest BCUT2D eigenvalue weighted by molar-refractivity contribution is 5.98. The van der Waals surface area contributed by atoms with E-state index in [4.69, 9.17) is 9.47 Å². The molecule has 6 aliphatic rings. The molecule has 0 spiro atoms. The second-order valence-corrected chi connectivity index (χ2v) is 15.4. The lowest BCUT2D eigenvalue weighted by Crippen LogP contribution is -2.55. The van der Waals surface area contributed by atoms with Gasteiger partial charge in [-0.05, 0) is 103 Å². The second kappa shape index (κ2) is 9.44. The first-order valence-electron chi connectivity index (χ1n) is 16.0. The third-order valence-electron chi connectivity index (χ3n) is 13.4. The van der Waals surface area contributed by atoms with E-state index in [-0.39, 0.29) is 58.5 Å². The molecule has 12 atom stereocenters. The Labute approximate surface area is 235 Å². The molecule has 0 radical (unpaired) electrons. The molecular weight excluding hydrogens is 488 g/mol. The summed E-state index contributed by atoms with van der Waals surface area (Å²) in [6.07, 6.45) is 9.64. The molecule has 0 bridgehead atoms. The maximum absolute atomic E-state index is 13.3. The lowest BCUT2D eigenvalue weighted by atomic mass is 9.43. The van der Waals surface area contributed by atoms with Gasteiger partial charge in [0.2, 0.25) is 0 Å². The minimum atomic E-state index is -0.320. The third kappa shape index (κ3) is 4.02. The molecule has 1 aliphatic heterocycles. The summed E-state index contributed by atoms with van der Waals surface area (Å²) >= 11 is 0. The molecule has 5 heteroatoms. The van der Waals surface area contributed by atoms with Crippen molar-refractivity contribution in [3.63, 3.8) is 0 Å². The predicted octanol–water partition coefficient (Wildman–Crippen LogP) is 7.13. The van der Waals surface area contributed by atoms with E-state index in [9.17, 15) is 14.4 Å². The molecule has 216 valence electrons. The van der Waals surface area contributed by atoms with Crippen LogP contribution in [0.5, 0.6) is 0 Å². The van der Waals surface area contributed by atoms with Crippen LogP contribution in [0.2, 0.25) is 0 Å². The molecule has 6 rings (SSSR count). The molecule has 0 N–H and O–H groups in total. The summed E-state index contributed by atoms with van der Waals surface area (Å²) in [5.41, 5.74) is 3.45. The Morgan fingerprint density at radius 1 is 0.949 bits per heavy atom. The van der Waals surface area contributed by atoms with Crippen LogP contribution < -0.4 is 0 Å². The summed E-state index contributed by atoms with van der Waals surface area (Å²) in [6.45, 7) is 16.0. The van der Waals surface area contributed by atoms with E-state index in [0.29, 0.717) is 29.6 Å². The fourth-order valence-corrected chi connectivity index (χ4v) is 11.0. The number of hydrogen-bond donors (Lipinski definition) is 0. The van der Waals surface area contributed by atoms with Gasteiger partial charge in [0.05, 0.1) is 11.8 Å². The number of esters is 3. The average Bonchev–Trinajstić information content (AvgIpc) is 3.34. The van der Waals surface area contributed by atoms with Crippen LogP contribution in [0, 0.1) is 70.0 Å². The van der Waals surface area contributed by atoms with Crippen molar-refractivity contribution in [3.05, 3.63) is 11.1 Å². The molecule has 3 saturated carbocycles. The van der Waals surface area contributed by atoms with Crippen molar-refractivity contribution < 1.29 is 23.9 Å². The van der Waals surface area contributed by atoms with Gasteiger partial charge in [0.1, 0.15) is 6.10 Å². The van der Waals surface area contributed by atoms with Gasteiger partial charge >= 0.3 is 17.9 Å². The van der Waals surface area contributed by atoms with Crippen molar-refractivity contribution in [1.29, 1.82) is 0 Å². The smallest absolute Gasteiger partial charge is 0.318 e. The van der Waals surface area contributed by atoms with Crippen LogP contribution >= 0.6 is 0 Å². The predicted molar refractivity (Wildman–Crippen MR) is 149 cm³/mol. The van der Waals surface area contributed by atoms with Crippen molar-refractivity contribution in [3.8, 4) is 0 Å². The van der Waals surface area contributed by atoms with Gasteiger partial charge in [-0.3, -0.25) is 14.4 Å². The van der Waals surface area contributed by atoms with Crippen LogP contribution in [-0.4, -0.2) is 24.0 Å². The van der Waals surface area contributed by atoms with Crippen molar-refractivity contribution in [2.75, 3.05) is 0 Å². The van der Waals surface area contributed by atoms with Crippen LogP contribution in [0.3, 0.4) is 0 Å². The van der Waals surface area contributed by atoms with Gasteiger partial charge in [-0.25, -0.2) is 0 Å². The average molecular weight is 539 g/mol. The minimum Gasteiger partial charge on any atom is -0.463 e. The van der Waals surface area contributed by atoms with Gasteiger partial charge in [0.25, 0.3) is 0 Å². The van der Waals surface area contributed by atoms with E-state index in [1.807, 2.05) is 0 Å². The van der Waals surface area contributed by atoms with Crippen molar-refractivity contribution in [2.45, 2.75) is 112 Å². The molecule has 1 heterocycles. The first-order valence-corrected chi connectivity index (χ1v) is 16.0. The highest BCUT2D eigenvalue weighted by atomic mass is 16.6. The summed E-state index contributed by atoms with van der Waals surface area (Å²) in [4.78, 5) is 38.4. The Bertz CT molecular complexity index is 1090. The Kier molecular flexibility index (Phi) is 6.66. The summed E-state index contributed by atoms with van der Waals surface area (Å²) in [6, 6.07) is 0. The number of fused-ring (bicyclic) bond motifs is 5. The van der Waals surface area contributed by atoms with E-state index in [2.05, 4.69) is 41.5 Å². The molecule has 7 unspecified atom stereocenters. The third-order valence-corrected chi connectivity index (χ3v) is 13.4. The largest absolute Gasteiger partial charge is 0.463 e. The van der Waals surface area contributed by atoms with Gasteiger partial charge in [-0.1, -0.05) is 65.5 Å². The van der Waals surface area contributed by atoms with Gasteiger partial charge in [-0.2, -0.15) is 0 Å². The quantitative estimate of drug-likeness (QED) is 0.204. The normalized spacial score (nSPS) is 45.8. The maximum atomic E-state index is 13.3. The summed E-state index contributed by atoms with van der Waals surface area (Å²) < 4.78 is 11.2. The van der Waals surface area contributed by atoms with Crippen molar-refractivity contribution >= 4 is 17.9 Å². The fraction of sp³-hybridized carbons (Fsp3) is 0.853. The Morgan fingerprint density at radius 3 is 2.31 bits per heavy atom. The number of allylic oxidation sites excluding steroid dienone is 2. The van der Waals surface area contributed by atoms with Crippen LogP contribution in [0.4, 0.5) is 0 Å². The first kappa shape index (κ1) is 27.5. The zero-order valence-corrected chi connectivity index (χ0v) is 25.3. The highest BCUT2D eigenvalue weighted by Crippen LogP contribution is 2.73. The molecule has 0 amide bonds. The van der Waals surface area contributed by atoms with Crippen molar-refractivity contribution in [2.24, 2.45) is 70.0 Å². The van der Waals surface area contributed by atoms with Crippen LogP contribution in [0.1, 0.15) is 106 Å². The van der Waals surface area contributed by atoms with E-state index in [1.54, 1.807) is 11.1 Å². The maximum Gasteiger partial charge on any atom is 0.318 e. The lowest BCUT2D eigenvalue weighted by molar-refractivity contribution is -0.154. The van der Waals surface area contributed by atoms with Gasteiger partial charge in [-0.15, -0.1) is 0 Å². The SMILES string of the molecule is CC(=O)OC1CCC2(C)C3CCC4(C)C5=C3[C@@H](C[C@H]2C1)C1C(=O)OC(=O)C1[C@@H]5CC4[C@H](C)CC[C@H](C)C(C)C. The Balaban J connectivity index is 1.39. The van der Waals surface area contributed by atoms with Gasteiger partial charge in [0.15, 0.2) is 0 Å². The monoisotopic (exact) mass is 538 g/mol. The Hall–Kier alpha value is -1.65. The lowest BCUT2D eigenvalue weighted by Gasteiger charge is -2.61. The summed E-state index contributed by atoms with van der Waals surface area (Å²) in [5.74, 6) is 2.35. The number of hydrogen-bond acceptors (Lipinski definition) is 5. The van der Waals surface area contributed by atoms with Crippen LogP contribution in [-0.2, 0) is 23.9 Å². The molecule has 39 heavy (non-hydrogen) atoms. The number of ether oxygens (including phenoxy) is 2. The number of cyclic esters (lactones) is 2. The Morgan fingerprint density at radius 2 is 1.64 bits per heavy atom. The number of carbonyl (C=O) groups is 3. The van der Waals surface area contributed by atoms with Crippen molar-refractivity contribution in [1.82, 2.24) is 0 Å². The molecule has 0 aromatic heterocycles. The van der Waals surface area contributed by atoms with Gasteiger partial charge < -0.3 is 9.47 Å². The first-order chi connectivity index (χ1) is 18.4. The molecule has 5 aliphatic carbocycles. The zero-order valence-electron chi connectivity index (χ0n) is 25.3. The summed E-state index contributed by atoms with van der Waals surface area (Å²) in [7, 11) is 0. The molecule has 0 aromatic rings. The van der Waals surface area contributed by atoms with E-state index < -0.39 is 0 Å². The molecule has 1 saturated heterocycles. The highest BCUT2D eigenvalue weighted by Gasteiger charge is 2.68. The molecule has 5 nitrogen and oxygen atoms in total. The minimum absolute atomic E-state index is 0.0297. The number of carbonyl (C=O) groups excluding carboxylic acids is 3. The van der Waals surface area contributed by atoms with E-state index in [0.717, 1.165) is 38.0 Å². The molecular formula is C34H50O5. The molecule has 4 fully saturated rings.